The minimum absolute atomic E-state index is 0.0499. The van der Waals surface area contributed by atoms with Crippen molar-refractivity contribution in [3.63, 3.8) is 0 Å². The lowest BCUT2D eigenvalue weighted by atomic mass is 10.0. The van der Waals surface area contributed by atoms with Gasteiger partial charge in [-0.25, -0.2) is 0 Å². The van der Waals surface area contributed by atoms with E-state index in [0.29, 0.717) is 11.7 Å². The summed E-state index contributed by atoms with van der Waals surface area (Å²) < 4.78 is 2.19. The molecule has 0 bridgehead atoms. The molecule has 0 saturated heterocycles. The highest BCUT2D eigenvalue weighted by molar-refractivity contribution is 7.99. The van der Waals surface area contributed by atoms with E-state index >= 15 is 0 Å². The first-order valence-corrected chi connectivity index (χ1v) is 12.4. The predicted octanol–water partition coefficient (Wildman–Crippen LogP) is 4.65. The van der Waals surface area contributed by atoms with Gasteiger partial charge in [0.15, 0.2) is 5.16 Å². The summed E-state index contributed by atoms with van der Waals surface area (Å²) in [5.41, 5.74) is 2.46. The number of nitrogens with one attached hydrogen (secondary N) is 1. The number of benzene rings is 2. The van der Waals surface area contributed by atoms with Crippen LogP contribution in [0.3, 0.4) is 0 Å². The molecule has 0 radical (unpaired) electrons. The lowest BCUT2D eigenvalue weighted by Crippen LogP contribution is -2.32. The molecular formula is C23H24N4OS2. The van der Waals surface area contributed by atoms with Crippen LogP contribution in [0.5, 0.6) is 0 Å². The number of thioether (sulfide) groups is 2. The van der Waals surface area contributed by atoms with Crippen molar-refractivity contribution in [1.82, 2.24) is 20.1 Å². The Morgan fingerprint density at radius 3 is 2.70 bits per heavy atom. The second-order valence-electron chi connectivity index (χ2n) is 7.77. The third kappa shape index (κ3) is 4.42. The maximum absolute atomic E-state index is 12.7. The topological polar surface area (TPSA) is 59.8 Å². The molecule has 154 valence electrons. The van der Waals surface area contributed by atoms with E-state index in [4.69, 9.17) is 0 Å². The second kappa shape index (κ2) is 8.86. The van der Waals surface area contributed by atoms with Crippen LogP contribution in [0.15, 0.2) is 64.6 Å². The molecule has 0 spiro atoms. The lowest BCUT2D eigenvalue weighted by Gasteiger charge is -2.25. The fourth-order valence-electron chi connectivity index (χ4n) is 3.82. The normalized spacial score (nSPS) is 18.1. The highest BCUT2D eigenvalue weighted by Crippen LogP contribution is 2.40. The summed E-state index contributed by atoms with van der Waals surface area (Å²) in [5, 5.41) is 12.9. The molecule has 1 aliphatic heterocycles. The molecule has 1 N–H and O–H groups in total. The average Bonchev–Trinajstić information content (AvgIpc) is 3.55. The van der Waals surface area contributed by atoms with Gasteiger partial charge in [0.2, 0.25) is 5.91 Å². The highest BCUT2D eigenvalue weighted by atomic mass is 32.2. The number of carbonyl (C=O) groups is 1. The van der Waals surface area contributed by atoms with Crippen LogP contribution in [-0.2, 0) is 11.3 Å². The van der Waals surface area contributed by atoms with E-state index < -0.39 is 0 Å². The van der Waals surface area contributed by atoms with Gasteiger partial charge in [-0.05, 0) is 36.5 Å². The zero-order valence-electron chi connectivity index (χ0n) is 16.7. The van der Waals surface area contributed by atoms with Crippen LogP contribution < -0.4 is 5.32 Å². The minimum Gasteiger partial charge on any atom is -0.348 e. The van der Waals surface area contributed by atoms with Crippen molar-refractivity contribution in [2.75, 3.05) is 11.5 Å². The second-order valence-corrected chi connectivity index (χ2v) is 9.85. The number of hydrogen-bond acceptors (Lipinski definition) is 5. The summed E-state index contributed by atoms with van der Waals surface area (Å²) in [6.07, 6.45) is 3.32. The smallest absolute Gasteiger partial charge is 0.230 e. The van der Waals surface area contributed by atoms with Gasteiger partial charge in [-0.2, -0.15) is 0 Å². The SMILES string of the molecule is O=C(CSc1nnc(C2CC2)n1Cc1ccccc1)N[C@H]1CCSc2ccccc21. The zero-order chi connectivity index (χ0) is 20.3. The van der Waals surface area contributed by atoms with Crippen molar-refractivity contribution >= 4 is 29.4 Å². The van der Waals surface area contributed by atoms with E-state index in [9.17, 15) is 4.79 Å². The molecule has 0 unspecified atom stereocenters. The predicted molar refractivity (Wildman–Crippen MR) is 121 cm³/mol. The molecule has 2 aliphatic rings. The Bertz CT molecular complexity index is 1030. The number of fused-ring (bicyclic) bond motifs is 1. The molecule has 1 amide bonds. The number of aromatic nitrogens is 3. The molecular weight excluding hydrogens is 412 g/mol. The van der Waals surface area contributed by atoms with Crippen molar-refractivity contribution in [3.8, 4) is 0 Å². The first-order chi connectivity index (χ1) is 14.8. The van der Waals surface area contributed by atoms with Crippen molar-refractivity contribution in [2.45, 2.75) is 47.8 Å². The molecule has 1 fully saturated rings. The molecule has 1 saturated carbocycles. The molecule has 1 aromatic heterocycles. The molecule has 5 nitrogen and oxygen atoms in total. The largest absolute Gasteiger partial charge is 0.348 e. The third-order valence-corrected chi connectivity index (χ3v) is 7.59. The van der Waals surface area contributed by atoms with Gasteiger partial charge >= 0.3 is 0 Å². The highest BCUT2D eigenvalue weighted by Gasteiger charge is 2.30. The standard InChI is InChI=1S/C23H24N4OS2/c28-21(24-19-12-13-29-20-9-5-4-8-18(19)20)15-30-23-26-25-22(17-10-11-17)27(23)14-16-6-2-1-3-7-16/h1-9,17,19H,10-15H2,(H,24,28)/t19-/m0/s1. The summed E-state index contributed by atoms with van der Waals surface area (Å²) in [6.45, 7) is 0.747. The van der Waals surface area contributed by atoms with Crippen LogP contribution in [0.25, 0.3) is 0 Å². The van der Waals surface area contributed by atoms with Gasteiger partial charge < -0.3 is 9.88 Å². The van der Waals surface area contributed by atoms with Gasteiger partial charge in [-0.3, -0.25) is 4.79 Å². The fraction of sp³-hybridized carbons (Fsp3) is 0.348. The quantitative estimate of drug-likeness (QED) is 0.547. The molecule has 1 aliphatic carbocycles. The first-order valence-electron chi connectivity index (χ1n) is 10.4. The number of carbonyl (C=O) groups excluding carboxylic acids is 1. The van der Waals surface area contributed by atoms with E-state index in [1.54, 1.807) is 0 Å². The van der Waals surface area contributed by atoms with Crippen LogP contribution >= 0.6 is 23.5 Å². The molecule has 1 atom stereocenters. The van der Waals surface area contributed by atoms with Crippen molar-refractivity contribution in [3.05, 3.63) is 71.5 Å². The summed E-state index contributed by atoms with van der Waals surface area (Å²) in [7, 11) is 0. The van der Waals surface area contributed by atoms with Crippen LogP contribution in [0.1, 0.15) is 48.2 Å². The summed E-state index contributed by atoms with van der Waals surface area (Å²) in [4.78, 5) is 14.0. The summed E-state index contributed by atoms with van der Waals surface area (Å²) in [5.74, 6) is 3.00. The van der Waals surface area contributed by atoms with Crippen LogP contribution in [0.2, 0.25) is 0 Å². The van der Waals surface area contributed by atoms with Crippen molar-refractivity contribution < 1.29 is 4.79 Å². The Labute approximate surface area is 185 Å². The maximum Gasteiger partial charge on any atom is 0.230 e. The van der Waals surface area contributed by atoms with E-state index in [1.807, 2.05) is 23.9 Å². The van der Waals surface area contributed by atoms with Crippen molar-refractivity contribution in [1.29, 1.82) is 0 Å². The summed E-state index contributed by atoms with van der Waals surface area (Å²) in [6, 6.07) is 18.8. The molecule has 30 heavy (non-hydrogen) atoms. The van der Waals surface area contributed by atoms with Gasteiger partial charge in [-0.15, -0.1) is 22.0 Å². The monoisotopic (exact) mass is 436 g/mol. The molecule has 7 heteroatoms. The van der Waals surface area contributed by atoms with E-state index in [1.165, 1.54) is 40.6 Å². The molecule has 3 aromatic rings. The maximum atomic E-state index is 12.7. The first kappa shape index (κ1) is 19.7. The zero-order valence-corrected chi connectivity index (χ0v) is 18.3. The Morgan fingerprint density at radius 1 is 1.07 bits per heavy atom. The van der Waals surface area contributed by atoms with Crippen LogP contribution in [0, 0.1) is 0 Å². The van der Waals surface area contributed by atoms with Crippen LogP contribution in [0.4, 0.5) is 0 Å². The van der Waals surface area contributed by atoms with Gasteiger partial charge in [0.05, 0.1) is 18.3 Å². The van der Waals surface area contributed by atoms with Gasteiger partial charge in [0, 0.05) is 16.6 Å². The van der Waals surface area contributed by atoms with Gasteiger partial charge in [-0.1, -0.05) is 60.3 Å². The summed E-state index contributed by atoms with van der Waals surface area (Å²) >= 11 is 3.35. The Balaban J connectivity index is 1.26. The Hall–Kier alpha value is -2.25. The number of hydrogen-bond donors (Lipinski definition) is 1. The molecule has 2 aromatic carbocycles. The average molecular weight is 437 g/mol. The van der Waals surface area contributed by atoms with Crippen molar-refractivity contribution in [2.24, 2.45) is 0 Å². The molecule has 2 heterocycles. The van der Waals surface area contributed by atoms with Crippen LogP contribution in [-0.4, -0.2) is 32.2 Å². The van der Waals surface area contributed by atoms with Gasteiger partial charge in [0.1, 0.15) is 5.82 Å². The number of amides is 1. The van der Waals surface area contributed by atoms with E-state index in [2.05, 4.69) is 62.5 Å². The van der Waals surface area contributed by atoms with Gasteiger partial charge in [0.25, 0.3) is 0 Å². The number of nitrogens with zero attached hydrogens (tertiary/aromatic N) is 3. The lowest BCUT2D eigenvalue weighted by molar-refractivity contribution is -0.119. The Kier molecular flexibility index (Phi) is 5.82. The Morgan fingerprint density at radius 2 is 1.87 bits per heavy atom. The minimum atomic E-state index is 0.0499. The van der Waals surface area contributed by atoms with E-state index in [-0.39, 0.29) is 11.9 Å². The number of rotatable bonds is 7. The molecule has 5 rings (SSSR count). The fourth-order valence-corrected chi connectivity index (χ4v) is 5.70. The third-order valence-electron chi connectivity index (χ3n) is 5.50. The van der Waals surface area contributed by atoms with E-state index in [0.717, 1.165) is 29.7 Å².